The van der Waals surface area contributed by atoms with E-state index in [-0.39, 0.29) is 0 Å². The van der Waals surface area contributed by atoms with Crippen LogP contribution in [0.3, 0.4) is 0 Å². The molecule has 1 N–H and O–H groups in total. The molecular formula is C15H30N2O. The van der Waals surface area contributed by atoms with Gasteiger partial charge in [0.25, 0.3) is 0 Å². The molecule has 3 unspecified atom stereocenters. The van der Waals surface area contributed by atoms with E-state index in [2.05, 4.69) is 31.1 Å². The molecule has 0 saturated carbocycles. The summed E-state index contributed by atoms with van der Waals surface area (Å²) >= 11 is 0. The predicted octanol–water partition coefficient (Wildman–Crippen LogP) is 2.12. The molecular weight excluding hydrogens is 224 g/mol. The molecule has 2 aliphatic heterocycles. The van der Waals surface area contributed by atoms with E-state index in [4.69, 9.17) is 4.74 Å². The lowest BCUT2D eigenvalue weighted by Crippen LogP contribution is -2.49. The summed E-state index contributed by atoms with van der Waals surface area (Å²) < 4.78 is 5.90. The monoisotopic (exact) mass is 254 g/mol. The van der Waals surface area contributed by atoms with Crippen LogP contribution in [0.25, 0.3) is 0 Å². The van der Waals surface area contributed by atoms with Gasteiger partial charge >= 0.3 is 0 Å². The van der Waals surface area contributed by atoms with Gasteiger partial charge < -0.3 is 10.1 Å². The second-order valence-corrected chi connectivity index (χ2v) is 6.39. The number of nitrogens with one attached hydrogen (secondary N) is 1. The van der Waals surface area contributed by atoms with Crippen LogP contribution >= 0.6 is 0 Å². The Hall–Kier alpha value is -0.120. The Labute approximate surface area is 112 Å². The fraction of sp³-hybridized carbons (Fsp3) is 1.00. The third-order valence-electron chi connectivity index (χ3n) is 4.59. The predicted molar refractivity (Wildman–Crippen MR) is 75.8 cm³/mol. The first kappa shape index (κ1) is 14.3. The lowest BCUT2D eigenvalue weighted by molar-refractivity contribution is -0.0547. The molecule has 3 heteroatoms. The van der Waals surface area contributed by atoms with Crippen LogP contribution in [-0.4, -0.2) is 50.3 Å². The molecule has 0 aromatic rings. The third kappa shape index (κ3) is 3.69. The quantitative estimate of drug-likeness (QED) is 0.832. The summed E-state index contributed by atoms with van der Waals surface area (Å²) in [7, 11) is 2.07. The number of nitrogens with zero attached hydrogens (tertiary/aromatic N) is 1. The van der Waals surface area contributed by atoms with Crippen molar-refractivity contribution in [3.63, 3.8) is 0 Å². The lowest BCUT2D eigenvalue weighted by atomic mass is 9.91. The lowest BCUT2D eigenvalue weighted by Gasteiger charge is -2.42. The Kier molecular flexibility index (Phi) is 5.46. The third-order valence-corrected chi connectivity index (χ3v) is 4.59. The average molecular weight is 254 g/mol. The zero-order chi connectivity index (χ0) is 13.0. The van der Waals surface area contributed by atoms with Crippen molar-refractivity contribution in [3.8, 4) is 0 Å². The molecule has 0 spiro atoms. The zero-order valence-corrected chi connectivity index (χ0v) is 12.3. The Morgan fingerprint density at radius 1 is 1.33 bits per heavy atom. The van der Waals surface area contributed by atoms with Gasteiger partial charge in [-0.1, -0.05) is 13.8 Å². The Balaban J connectivity index is 1.86. The maximum Gasteiger partial charge on any atom is 0.0612 e. The number of ether oxygens (including phenoxy) is 1. The van der Waals surface area contributed by atoms with Crippen molar-refractivity contribution in [2.75, 3.05) is 33.3 Å². The molecule has 0 aromatic heterocycles. The van der Waals surface area contributed by atoms with E-state index in [0.717, 1.165) is 18.6 Å². The fourth-order valence-electron chi connectivity index (χ4n) is 3.49. The molecule has 2 fully saturated rings. The Morgan fingerprint density at radius 2 is 2.17 bits per heavy atom. The van der Waals surface area contributed by atoms with Gasteiger partial charge in [-0.3, -0.25) is 4.90 Å². The number of piperidine rings is 1. The number of likely N-dealkylation sites (tertiary alicyclic amines) is 1. The molecule has 0 radical (unpaired) electrons. The van der Waals surface area contributed by atoms with E-state index < -0.39 is 0 Å². The van der Waals surface area contributed by atoms with E-state index in [1.165, 1.54) is 45.3 Å². The molecule has 18 heavy (non-hydrogen) atoms. The van der Waals surface area contributed by atoms with Crippen molar-refractivity contribution in [1.82, 2.24) is 10.2 Å². The molecule has 3 nitrogen and oxygen atoms in total. The highest BCUT2D eigenvalue weighted by Crippen LogP contribution is 2.27. The van der Waals surface area contributed by atoms with Gasteiger partial charge in [-0.15, -0.1) is 0 Å². The summed E-state index contributed by atoms with van der Waals surface area (Å²) in [6.45, 7) is 9.29. The molecule has 0 amide bonds. The Bertz CT molecular complexity index is 243. The van der Waals surface area contributed by atoms with Gasteiger partial charge in [0.1, 0.15) is 0 Å². The van der Waals surface area contributed by atoms with Crippen LogP contribution in [-0.2, 0) is 4.74 Å². The molecule has 106 valence electrons. The minimum atomic E-state index is 0.480. The van der Waals surface area contributed by atoms with Crippen molar-refractivity contribution in [3.05, 3.63) is 0 Å². The summed E-state index contributed by atoms with van der Waals surface area (Å²) in [5.74, 6) is 1.51. The van der Waals surface area contributed by atoms with Gasteiger partial charge in [-0.25, -0.2) is 0 Å². The summed E-state index contributed by atoms with van der Waals surface area (Å²) in [5.41, 5.74) is 0. The van der Waals surface area contributed by atoms with E-state index in [0.29, 0.717) is 12.0 Å². The highest BCUT2D eigenvalue weighted by molar-refractivity contribution is 4.85. The van der Waals surface area contributed by atoms with E-state index in [1.807, 2.05) is 0 Å². The molecule has 0 bridgehead atoms. The van der Waals surface area contributed by atoms with Crippen LogP contribution in [0.1, 0.15) is 39.5 Å². The van der Waals surface area contributed by atoms with Crippen molar-refractivity contribution >= 4 is 0 Å². The highest BCUT2D eigenvalue weighted by Gasteiger charge is 2.31. The summed E-state index contributed by atoms with van der Waals surface area (Å²) in [5, 5.41) is 3.34. The van der Waals surface area contributed by atoms with Gasteiger partial charge in [0.2, 0.25) is 0 Å². The van der Waals surface area contributed by atoms with Gasteiger partial charge in [0.15, 0.2) is 0 Å². The van der Waals surface area contributed by atoms with Gasteiger partial charge in [-0.2, -0.15) is 0 Å². The fourth-order valence-corrected chi connectivity index (χ4v) is 3.49. The van der Waals surface area contributed by atoms with Crippen LogP contribution < -0.4 is 5.32 Å². The van der Waals surface area contributed by atoms with E-state index in [1.54, 1.807) is 0 Å². The molecule has 0 aromatic carbocycles. The van der Waals surface area contributed by atoms with Crippen LogP contribution in [0.5, 0.6) is 0 Å². The molecule has 2 rings (SSSR count). The van der Waals surface area contributed by atoms with Crippen molar-refractivity contribution in [2.45, 2.75) is 51.7 Å². The van der Waals surface area contributed by atoms with E-state index in [9.17, 15) is 0 Å². The maximum absolute atomic E-state index is 5.90. The SMILES string of the molecule is CNCC1CCCN(C2CCOC(C(C)C)C2)C1. The maximum atomic E-state index is 5.90. The van der Waals surface area contributed by atoms with Crippen LogP contribution in [0.4, 0.5) is 0 Å². The molecule has 2 aliphatic rings. The molecule has 0 aliphatic carbocycles. The Morgan fingerprint density at radius 3 is 2.89 bits per heavy atom. The molecule has 2 saturated heterocycles. The summed E-state index contributed by atoms with van der Waals surface area (Å²) in [6.07, 6.45) is 5.72. The summed E-state index contributed by atoms with van der Waals surface area (Å²) in [6, 6.07) is 0.769. The second-order valence-electron chi connectivity index (χ2n) is 6.39. The minimum absolute atomic E-state index is 0.480. The van der Waals surface area contributed by atoms with Crippen LogP contribution in [0.15, 0.2) is 0 Å². The number of hydrogen-bond acceptors (Lipinski definition) is 3. The highest BCUT2D eigenvalue weighted by atomic mass is 16.5. The number of rotatable bonds is 4. The van der Waals surface area contributed by atoms with Gasteiger partial charge in [0.05, 0.1) is 6.10 Å². The first-order valence-electron chi connectivity index (χ1n) is 7.71. The van der Waals surface area contributed by atoms with Crippen molar-refractivity contribution < 1.29 is 4.74 Å². The molecule has 3 atom stereocenters. The van der Waals surface area contributed by atoms with Crippen molar-refractivity contribution in [1.29, 1.82) is 0 Å². The van der Waals surface area contributed by atoms with E-state index >= 15 is 0 Å². The van der Waals surface area contributed by atoms with Crippen LogP contribution in [0.2, 0.25) is 0 Å². The summed E-state index contributed by atoms with van der Waals surface area (Å²) in [4.78, 5) is 2.74. The second kappa shape index (κ2) is 6.88. The molecule has 2 heterocycles. The van der Waals surface area contributed by atoms with Gasteiger partial charge in [0, 0.05) is 19.2 Å². The smallest absolute Gasteiger partial charge is 0.0612 e. The standard InChI is InChI=1S/C15H30N2O/c1-12(2)15-9-14(6-8-18-15)17-7-4-5-13(11-17)10-16-3/h12-16H,4-11H2,1-3H3. The minimum Gasteiger partial charge on any atom is -0.378 e. The average Bonchev–Trinajstić information content (AvgIpc) is 2.39. The topological polar surface area (TPSA) is 24.5 Å². The van der Waals surface area contributed by atoms with Crippen molar-refractivity contribution in [2.24, 2.45) is 11.8 Å². The largest absolute Gasteiger partial charge is 0.378 e. The first-order valence-corrected chi connectivity index (χ1v) is 7.71. The zero-order valence-electron chi connectivity index (χ0n) is 12.3. The van der Waals surface area contributed by atoms with Gasteiger partial charge in [-0.05, 0) is 57.7 Å². The normalized spacial score (nSPS) is 35.0. The number of hydrogen-bond donors (Lipinski definition) is 1. The van der Waals surface area contributed by atoms with Crippen LogP contribution in [0, 0.1) is 11.8 Å². The first-order chi connectivity index (χ1) is 8.70.